The lowest BCUT2D eigenvalue weighted by Gasteiger charge is -2.17. The fraction of sp³-hybridized carbons (Fsp3) is 0.444. The Kier molecular flexibility index (Phi) is 4.57. The standard InChI is InChI=1S/C18H23N3O3/c1-11-4-5-13(8-17(11)24-3)18(23)21-9-14(16(22)10-21)7-15-6-12(2)19-20-15/h4-6,8,14,16,22H,7,9-10H2,1-3H3,(H,19,20)/t14-,16-/m1/s1. The van der Waals surface area contributed by atoms with Crippen LogP contribution in [0, 0.1) is 19.8 Å². The Bertz CT molecular complexity index is 741. The number of β-amino-alcohol motifs (C(OH)–C–C–N with tert-alkyl or cyclic N) is 1. The van der Waals surface area contributed by atoms with E-state index in [4.69, 9.17) is 4.74 Å². The maximum atomic E-state index is 12.7. The van der Waals surface area contributed by atoms with E-state index >= 15 is 0 Å². The van der Waals surface area contributed by atoms with Crippen LogP contribution in [0.15, 0.2) is 24.3 Å². The van der Waals surface area contributed by atoms with Crippen molar-refractivity contribution in [2.24, 2.45) is 5.92 Å². The number of aromatic amines is 1. The van der Waals surface area contributed by atoms with Gasteiger partial charge in [-0.05, 0) is 44.0 Å². The van der Waals surface area contributed by atoms with Gasteiger partial charge in [0, 0.05) is 30.3 Å². The molecule has 0 aliphatic carbocycles. The van der Waals surface area contributed by atoms with Crippen LogP contribution >= 0.6 is 0 Å². The summed E-state index contributed by atoms with van der Waals surface area (Å²) in [6.07, 6.45) is 0.130. The molecule has 0 bridgehead atoms. The number of hydrogen-bond acceptors (Lipinski definition) is 4. The summed E-state index contributed by atoms with van der Waals surface area (Å²) in [5.41, 5.74) is 3.49. The first kappa shape index (κ1) is 16.5. The highest BCUT2D eigenvalue weighted by Crippen LogP contribution is 2.25. The van der Waals surface area contributed by atoms with Crippen LogP contribution in [0.25, 0.3) is 0 Å². The number of carbonyl (C=O) groups is 1. The minimum absolute atomic E-state index is 0.00370. The summed E-state index contributed by atoms with van der Waals surface area (Å²) in [7, 11) is 1.60. The highest BCUT2D eigenvalue weighted by Gasteiger charge is 2.34. The van der Waals surface area contributed by atoms with Crippen molar-refractivity contribution in [1.29, 1.82) is 0 Å². The Morgan fingerprint density at radius 1 is 1.38 bits per heavy atom. The van der Waals surface area contributed by atoms with E-state index in [1.54, 1.807) is 24.1 Å². The molecule has 1 aromatic heterocycles. The van der Waals surface area contributed by atoms with E-state index in [0.29, 0.717) is 30.8 Å². The Morgan fingerprint density at radius 3 is 2.83 bits per heavy atom. The molecule has 2 heterocycles. The molecular formula is C18H23N3O3. The van der Waals surface area contributed by atoms with Crippen molar-refractivity contribution < 1.29 is 14.6 Å². The van der Waals surface area contributed by atoms with Crippen molar-refractivity contribution >= 4 is 5.91 Å². The van der Waals surface area contributed by atoms with Crippen LogP contribution in [-0.4, -0.2) is 52.4 Å². The Balaban J connectivity index is 1.70. The van der Waals surface area contributed by atoms with E-state index in [0.717, 1.165) is 17.0 Å². The second kappa shape index (κ2) is 6.65. The summed E-state index contributed by atoms with van der Waals surface area (Å²) in [6, 6.07) is 7.41. The van der Waals surface area contributed by atoms with Crippen molar-refractivity contribution in [2.75, 3.05) is 20.2 Å². The van der Waals surface area contributed by atoms with E-state index in [9.17, 15) is 9.90 Å². The molecule has 1 aliphatic rings. The molecule has 2 aromatic rings. The van der Waals surface area contributed by atoms with E-state index in [1.807, 2.05) is 26.0 Å². The number of aliphatic hydroxyl groups is 1. The number of aromatic nitrogens is 2. The number of hydrogen-bond donors (Lipinski definition) is 2. The Labute approximate surface area is 141 Å². The number of nitrogens with zero attached hydrogens (tertiary/aromatic N) is 2. The Morgan fingerprint density at radius 2 is 2.17 bits per heavy atom. The summed E-state index contributed by atoms with van der Waals surface area (Å²) in [5.74, 6) is 0.626. The van der Waals surface area contributed by atoms with Gasteiger partial charge in [-0.2, -0.15) is 5.10 Å². The molecule has 0 spiro atoms. The zero-order valence-corrected chi connectivity index (χ0v) is 14.2. The van der Waals surface area contributed by atoms with Crippen molar-refractivity contribution in [3.8, 4) is 5.75 Å². The first-order valence-electron chi connectivity index (χ1n) is 8.10. The average molecular weight is 329 g/mol. The van der Waals surface area contributed by atoms with E-state index in [-0.39, 0.29) is 11.8 Å². The second-order valence-corrected chi connectivity index (χ2v) is 6.47. The third-order valence-electron chi connectivity index (χ3n) is 4.58. The number of ether oxygens (including phenoxy) is 1. The average Bonchev–Trinajstić information content (AvgIpc) is 3.14. The van der Waals surface area contributed by atoms with Gasteiger partial charge in [-0.25, -0.2) is 0 Å². The smallest absolute Gasteiger partial charge is 0.254 e. The summed E-state index contributed by atoms with van der Waals surface area (Å²) < 4.78 is 5.29. The molecule has 0 unspecified atom stereocenters. The number of benzene rings is 1. The lowest BCUT2D eigenvalue weighted by atomic mass is 10.00. The quantitative estimate of drug-likeness (QED) is 0.895. The number of carbonyl (C=O) groups excluding carboxylic acids is 1. The van der Waals surface area contributed by atoms with Gasteiger partial charge in [0.25, 0.3) is 5.91 Å². The zero-order valence-electron chi connectivity index (χ0n) is 14.2. The van der Waals surface area contributed by atoms with E-state index in [1.165, 1.54) is 0 Å². The molecule has 6 nitrogen and oxygen atoms in total. The molecule has 1 saturated heterocycles. The molecule has 0 saturated carbocycles. The lowest BCUT2D eigenvalue weighted by molar-refractivity contribution is 0.0764. The van der Waals surface area contributed by atoms with Crippen LogP contribution < -0.4 is 4.74 Å². The van der Waals surface area contributed by atoms with Gasteiger partial charge in [-0.3, -0.25) is 9.89 Å². The van der Waals surface area contributed by atoms with Gasteiger partial charge in [0.15, 0.2) is 0 Å². The Hall–Kier alpha value is -2.34. The molecule has 1 fully saturated rings. The number of aryl methyl sites for hydroxylation is 2. The number of likely N-dealkylation sites (tertiary alicyclic amines) is 1. The highest BCUT2D eigenvalue weighted by atomic mass is 16.5. The SMILES string of the molecule is COc1cc(C(=O)N2C[C@@H](Cc3cc(C)[nH]n3)[C@H](O)C2)ccc1C. The predicted molar refractivity (Wildman–Crippen MR) is 90.2 cm³/mol. The second-order valence-electron chi connectivity index (χ2n) is 6.47. The van der Waals surface area contributed by atoms with Gasteiger partial charge < -0.3 is 14.7 Å². The molecule has 0 radical (unpaired) electrons. The van der Waals surface area contributed by atoms with Crippen LogP contribution in [-0.2, 0) is 6.42 Å². The number of methoxy groups -OCH3 is 1. The van der Waals surface area contributed by atoms with Crippen LogP contribution in [0.5, 0.6) is 5.75 Å². The van der Waals surface area contributed by atoms with Gasteiger partial charge in [-0.1, -0.05) is 6.07 Å². The number of rotatable bonds is 4. The lowest BCUT2D eigenvalue weighted by Crippen LogP contribution is -2.29. The fourth-order valence-corrected chi connectivity index (χ4v) is 3.20. The fourth-order valence-electron chi connectivity index (χ4n) is 3.20. The monoisotopic (exact) mass is 329 g/mol. The molecule has 1 aromatic carbocycles. The van der Waals surface area contributed by atoms with Crippen molar-refractivity contribution in [3.63, 3.8) is 0 Å². The number of H-pyrrole nitrogens is 1. The minimum atomic E-state index is -0.529. The molecule has 6 heteroatoms. The van der Waals surface area contributed by atoms with Crippen molar-refractivity contribution in [1.82, 2.24) is 15.1 Å². The summed E-state index contributed by atoms with van der Waals surface area (Å²) >= 11 is 0. The van der Waals surface area contributed by atoms with E-state index in [2.05, 4.69) is 10.2 Å². The van der Waals surface area contributed by atoms with Gasteiger partial charge in [0.2, 0.25) is 0 Å². The third kappa shape index (κ3) is 3.28. The first-order chi connectivity index (χ1) is 11.5. The first-order valence-corrected chi connectivity index (χ1v) is 8.10. The third-order valence-corrected chi connectivity index (χ3v) is 4.58. The number of amides is 1. The molecule has 2 atom stereocenters. The van der Waals surface area contributed by atoms with Gasteiger partial charge >= 0.3 is 0 Å². The maximum absolute atomic E-state index is 12.7. The molecule has 2 N–H and O–H groups in total. The summed E-state index contributed by atoms with van der Waals surface area (Å²) in [4.78, 5) is 14.4. The van der Waals surface area contributed by atoms with Crippen molar-refractivity contribution in [3.05, 3.63) is 46.8 Å². The van der Waals surface area contributed by atoms with Crippen LogP contribution in [0.1, 0.15) is 27.3 Å². The predicted octanol–water partition coefficient (Wildman–Crippen LogP) is 1.71. The normalized spacial score (nSPS) is 20.4. The number of nitrogens with one attached hydrogen (secondary N) is 1. The number of aliphatic hydroxyl groups excluding tert-OH is 1. The maximum Gasteiger partial charge on any atom is 0.254 e. The molecular weight excluding hydrogens is 306 g/mol. The topological polar surface area (TPSA) is 78.5 Å². The van der Waals surface area contributed by atoms with Gasteiger partial charge in [0.1, 0.15) is 5.75 Å². The summed E-state index contributed by atoms with van der Waals surface area (Å²) in [6.45, 7) is 4.77. The molecule has 1 aliphatic heterocycles. The molecule has 128 valence electrons. The highest BCUT2D eigenvalue weighted by molar-refractivity contribution is 5.95. The molecule has 3 rings (SSSR count). The van der Waals surface area contributed by atoms with Crippen molar-refractivity contribution in [2.45, 2.75) is 26.4 Å². The van der Waals surface area contributed by atoms with Crippen LogP contribution in [0.3, 0.4) is 0 Å². The van der Waals surface area contributed by atoms with Gasteiger partial charge in [-0.15, -0.1) is 0 Å². The largest absolute Gasteiger partial charge is 0.496 e. The zero-order chi connectivity index (χ0) is 17.3. The molecule has 1 amide bonds. The van der Waals surface area contributed by atoms with Crippen LogP contribution in [0.2, 0.25) is 0 Å². The van der Waals surface area contributed by atoms with E-state index < -0.39 is 6.10 Å². The molecule has 24 heavy (non-hydrogen) atoms. The van der Waals surface area contributed by atoms with Gasteiger partial charge in [0.05, 0.1) is 18.9 Å². The minimum Gasteiger partial charge on any atom is -0.496 e. The van der Waals surface area contributed by atoms with Crippen LogP contribution in [0.4, 0.5) is 0 Å². The summed E-state index contributed by atoms with van der Waals surface area (Å²) in [5, 5.41) is 17.4.